The van der Waals surface area contributed by atoms with Crippen molar-refractivity contribution in [2.24, 2.45) is 11.5 Å². The Labute approximate surface area is 266 Å². The number of unbranched alkanes of at least 4 members (excludes halogenated alkanes) is 1. The van der Waals surface area contributed by atoms with E-state index >= 15 is 0 Å². The van der Waals surface area contributed by atoms with Gasteiger partial charge in [0.1, 0.15) is 18.1 Å². The SMILES string of the molecule is CCCC[C@H](NC(=O)[C@@H](N)Cc1c[nH]c2ccccc12)C(=O)N[C@@H](CC(=O)O)C(=O)N[C@@H](Cc1cccc2ccccc12)C(N)=O. The van der Waals surface area contributed by atoms with E-state index in [1.807, 2.05) is 73.7 Å². The van der Waals surface area contributed by atoms with Crippen LogP contribution in [0.5, 0.6) is 0 Å². The van der Waals surface area contributed by atoms with Crippen LogP contribution in [0.1, 0.15) is 43.7 Å². The van der Waals surface area contributed by atoms with Gasteiger partial charge in [-0.3, -0.25) is 24.0 Å². The fraction of sp³-hybridized carbons (Fsp3) is 0.324. The third kappa shape index (κ3) is 8.69. The molecule has 3 aromatic carbocycles. The van der Waals surface area contributed by atoms with Gasteiger partial charge in [0.2, 0.25) is 23.6 Å². The van der Waals surface area contributed by atoms with Crippen LogP contribution < -0.4 is 27.4 Å². The quantitative estimate of drug-likeness (QED) is 0.0981. The molecule has 0 fully saturated rings. The van der Waals surface area contributed by atoms with Gasteiger partial charge in [-0.15, -0.1) is 0 Å². The molecule has 0 spiro atoms. The van der Waals surface area contributed by atoms with E-state index < -0.39 is 60.2 Å². The highest BCUT2D eigenvalue weighted by atomic mass is 16.4. The topological polar surface area (TPSA) is 209 Å². The molecule has 0 radical (unpaired) electrons. The second kappa shape index (κ2) is 15.7. The molecule has 12 heteroatoms. The van der Waals surface area contributed by atoms with Crippen LogP contribution in [0.3, 0.4) is 0 Å². The summed E-state index contributed by atoms with van der Waals surface area (Å²) in [6.45, 7) is 1.92. The zero-order valence-electron chi connectivity index (χ0n) is 25.6. The number of carbonyl (C=O) groups is 5. The van der Waals surface area contributed by atoms with E-state index in [4.69, 9.17) is 11.5 Å². The second-order valence-corrected chi connectivity index (χ2v) is 11.3. The first-order valence-corrected chi connectivity index (χ1v) is 15.3. The van der Waals surface area contributed by atoms with Crippen LogP contribution in [0.25, 0.3) is 21.7 Å². The summed E-state index contributed by atoms with van der Waals surface area (Å²) in [6.07, 6.45) is 2.82. The molecule has 0 saturated heterocycles. The number of carboxylic acids is 1. The summed E-state index contributed by atoms with van der Waals surface area (Å²) in [7, 11) is 0. The average molecular weight is 629 g/mol. The lowest BCUT2D eigenvalue weighted by Gasteiger charge is -2.25. The monoisotopic (exact) mass is 628 g/mol. The van der Waals surface area contributed by atoms with Gasteiger partial charge in [-0.2, -0.15) is 0 Å². The van der Waals surface area contributed by atoms with Crippen LogP contribution in [0.2, 0.25) is 0 Å². The van der Waals surface area contributed by atoms with E-state index in [-0.39, 0.29) is 19.3 Å². The minimum absolute atomic E-state index is 0.0552. The number of nitrogens with two attached hydrogens (primary N) is 2. The molecule has 4 amide bonds. The normalized spacial score (nSPS) is 13.8. The third-order valence-electron chi connectivity index (χ3n) is 7.91. The number of aromatic amines is 1. The molecule has 1 aromatic heterocycles. The van der Waals surface area contributed by atoms with Crippen LogP contribution in [0.4, 0.5) is 0 Å². The molecule has 4 rings (SSSR count). The Morgan fingerprint density at radius 3 is 2.11 bits per heavy atom. The first-order chi connectivity index (χ1) is 22.1. The number of aromatic nitrogens is 1. The first-order valence-electron chi connectivity index (χ1n) is 15.3. The van der Waals surface area contributed by atoms with E-state index in [1.54, 1.807) is 6.20 Å². The lowest BCUT2D eigenvalue weighted by atomic mass is 9.98. The molecule has 4 atom stereocenters. The fourth-order valence-electron chi connectivity index (χ4n) is 5.43. The second-order valence-electron chi connectivity index (χ2n) is 11.3. The molecule has 0 aliphatic heterocycles. The molecule has 0 bridgehead atoms. The van der Waals surface area contributed by atoms with E-state index in [0.29, 0.717) is 12.8 Å². The predicted molar refractivity (Wildman–Crippen MR) is 174 cm³/mol. The van der Waals surface area contributed by atoms with Crippen molar-refractivity contribution in [3.8, 4) is 0 Å². The maximum atomic E-state index is 13.4. The smallest absolute Gasteiger partial charge is 0.305 e. The highest BCUT2D eigenvalue weighted by Crippen LogP contribution is 2.21. The van der Waals surface area contributed by atoms with Gasteiger partial charge in [0, 0.05) is 23.5 Å². The number of primary amides is 1. The van der Waals surface area contributed by atoms with Crippen molar-refractivity contribution in [2.45, 2.75) is 69.6 Å². The molecule has 12 nitrogen and oxygen atoms in total. The Kier molecular flexibility index (Phi) is 11.5. The van der Waals surface area contributed by atoms with Crippen LogP contribution in [-0.4, -0.2) is 63.9 Å². The number of carbonyl (C=O) groups excluding carboxylic acids is 4. The number of amides is 4. The Balaban J connectivity index is 1.45. The minimum atomic E-state index is -1.54. The molecular weight excluding hydrogens is 588 g/mol. The summed E-state index contributed by atoms with van der Waals surface area (Å²) in [5.74, 6) is -4.37. The molecule has 1 heterocycles. The van der Waals surface area contributed by atoms with Crippen LogP contribution >= 0.6 is 0 Å². The van der Waals surface area contributed by atoms with Gasteiger partial charge in [0.05, 0.1) is 12.5 Å². The van der Waals surface area contributed by atoms with E-state index in [1.165, 1.54) is 0 Å². The lowest BCUT2D eigenvalue weighted by molar-refractivity contribution is -0.141. The number of aliphatic carboxylic acids is 1. The fourth-order valence-corrected chi connectivity index (χ4v) is 5.43. The number of H-pyrrole nitrogens is 1. The number of nitrogens with one attached hydrogen (secondary N) is 4. The Morgan fingerprint density at radius 1 is 0.761 bits per heavy atom. The minimum Gasteiger partial charge on any atom is -0.481 e. The van der Waals surface area contributed by atoms with E-state index in [2.05, 4.69) is 20.9 Å². The zero-order chi connectivity index (χ0) is 33.2. The number of hydrogen-bond acceptors (Lipinski definition) is 6. The highest BCUT2D eigenvalue weighted by Gasteiger charge is 2.31. The van der Waals surface area contributed by atoms with Crippen LogP contribution in [0.15, 0.2) is 72.9 Å². The number of hydrogen-bond donors (Lipinski definition) is 7. The molecule has 242 valence electrons. The summed E-state index contributed by atoms with van der Waals surface area (Å²) in [4.78, 5) is 67.1. The van der Waals surface area contributed by atoms with Crippen molar-refractivity contribution >= 4 is 51.3 Å². The Hall–Kier alpha value is -5.23. The van der Waals surface area contributed by atoms with Crippen molar-refractivity contribution in [3.63, 3.8) is 0 Å². The molecule has 0 unspecified atom stereocenters. The third-order valence-corrected chi connectivity index (χ3v) is 7.91. The maximum absolute atomic E-state index is 13.4. The maximum Gasteiger partial charge on any atom is 0.305 e. The summed E-state index contributed by atoms with van der Waals surface area (Å²) < 4.78 is 0. The lowest BCUT2D eigenvalue weighted by Crippen LogP contribution is -2.58. The predicted octanol–water partition coefficient (Wildman–Crippen LogP) is 2.04. The van der Waals surface area contributed by atoms with Crippen LogP contribution in [0, 0.1) is 0 Å². The Morgan fingerprint density at radius 2 is 1.39 bits per heavy atom. The zero-order valence-corrected chi connectivity index (χ0v) is 25.6. The number of carboxylic acid groups (broad SMARTS) is 1. The molecule has 0 aliphatic rings. The van der Waals surface area contributed by atoms with Gasteiger partial charge in [0.25, 0.3) is 0 Å². The number of benzene rings is 3. The van der Waals surface area contributed by atoms with Gasteiger partial charge >= 0.3 is 5.97 Å². The molecule has 0 saturated carbocycles. The summed E-state index contributed by atoms with van der Waals surface area (Å²) >= 11 is 0. The number of rotatable bonds is 16. The van der Waals surface area contributed by atoms with E-state index in [0.717, 1.165) is 32.8 Å². The number of fused-ring (bicyclic) bond motifs is 2. The average Bonchev–Trinajstić information content (AvgIpc) is 3.44. The van der Waals surface area contributed by atoms with E-state index in [9.17, 15) is 29.1 Å². The summed E-state index contributed by atoms with van der Waals surface area (Å²) in [6, 6.07) is 15.9. The van der Waals surface area contributed by atoms with Gasteiger partial charge in [-0.1, -0.05) is 80.4 Å². The summed E-state index contributed by atoms with van der Waals surface area (Å²) in [5, 5.41) is 19.9. The molecule has 9 N–H and O–H groups in total. The first kappa shape index (κ1) is 33.7. The molecule has 0 aliphatic carbocycles. The molecule has 4 aromatic rings. The van der Waals surface area contributed by atoms with Crippen molar-refractivity contribution in [3.05, 3.63) is 84.1 Å². The van der Waals surface area contributed by atoms with Crippen molar-refractivity contribution in [1.82, 2.24) is 20.9 Å². The molecule has 46 heavy (non-hydrogen) atoms. The van der Waals surface area contributed by atoms with Gasteiger partial charge in [0.15, 0.2) is 0 Å². The number of para-hydroxylation sites is 1. The van der Waals surface area contributed by atoms with Crippen molar-refractivity contribution in [2.75, 3.05) is 0 Å². The highest BCUT2D eigenvalue weighted by molar-refractivity contribution is 5.96. The van der Waals surface area contributed by atoms with Crippen molar-refractivity contribution in [1.29, 1.82) is 0 Å². The van der Waals surface area contributed by atoms with Gasteiger partial charge in [-0.25, -0.2) is 0 Å². The molecular formula is C34H40N6O6. The largest absolute Gasteiger partial charge is 0.481 e. The summed E-state index contributed by atoms with van der Waals surface area (Å²) in [5.41, 5.74) is 14.4. The van der Waals surface area contributed by atoms with Gasteiger partial charge < -0.3 is 37.5 Å². The van der Waals surface area contributed by atoms with Gasteiger partial charge in [-0.05, 0) is 40.8 Å². The Bertz CT molecular complexity index is 1710. The van der Waals surface area contributed by atoms with Crippen LogP contribution in [-0.2, 0) is 36.8 Å². The van der Waals surface area contributed by atoms with Crippen molar-refractivity contribution < 1.29 is 29.1 Å². The standard InChI is InChI=1S/C34H40N6O6/c1-2-3-14-27(38-32(44)25(35)16-22-19-37-26-15-7-6-13-24(22)26)33(45)40-29(18-30(41)42)34(46)39-28(31(36)43)17-21-11-8-10-20-9-4-5-12-23(20)21/h4-13,15,19,25,27-29,37H,2-3,14,16-18,35H2,1H3,(H2,36,43)(H,38,44)(H,39,46)(H,40,45)(H,41,42)/t25-,27-,28-,29-/m0/s1.